The van der Waals surface area contributed by atoms with Crippen LogP contribution < -0.4 is 4.74 Å². The number of phenolic OH excluding ortho intramolecular Hbond substituents is 1. The molecule has 1 aromatic rings. The molecule has 0 aromatic heterocycles. The van der Waals surface area contributed by atoms with E-state index in [1.54, 1.807) is 6.07 Å². The third-order valence-electron chi connectivity index (χ3n) is 5.94. The van der Waals surface area contributed by atoms with Crippen LogP contribution in [0.3, 0.4) is 0 Å². The summed E-state index contributed by atoms with van der Waals surface area (Å²) in [5.74, 6) is 0.417. The van der Waals surface area contributed by atoms with E-state index in [4.69, 9.17) is 4.74 Å². The number of ether oxygens (including phenoxy) is 1. The Morgan fingerprint density at radius 2 is 1.81 bits per heavy atom. The molecule has 0 spiro atoms. The normalized spacial score (nSPS) is 18.9. The molecule has 0 fully saturated rings. The number of carboxylic acids is 1. The summed E-state index contributed by atoms with van der Waals surface area (Å²) in [6, 6.07) is 3.57. The first kappa shape index (κ1) is 24.8. The van der Waals surface area contributed by atoms with Crippen LogP contribution in [0.5, 0.6) is 11.5 Å². The van der Waals surface area contributed by atoms with Crippen molar-refractivity contribution in [3.8, 4) is 11.5 Å². The van der Waals surface area contributed by atoms with Gasteiger partial charge in [-0.2, -0.15) is 0 Å². The Bertz CT molecular complexity index is 871. The Morgan fingerprint density at radius 3 is 2.48 bits per heavy atom. The van der Waals surface area contributed by atoms with Gasteiger partial charge in [0.15, 0.2) is 0 Å². The topological polar surface area (TPSA) is 66.8 Å². The molecule has 31 heavy (non-hydrogen) atoms. The molecule has 0 unspecified atom stereocenters. The Hall–Kier alpha value is -2.49. The summed E-state index contributed by atoms with van der Waals surface area (Å²) < 4.78 is 6.36. The lowest BCUT2D eigenvalue weighted by molar-refractivity contribution is -0.132. The highest BCUT2D eigenvalue weighted by molar-refractivity contribution is 5.86. The van der Waals surface area contributed by atoms with Crippen LogP contribution in [-0.4, -0.2) is 21.8 Å². The predicted octanol–water partition coefficient (Wildman–Crippen LogP) is 7.05. The summed E-state index contributed by atoms with van der Waals surface area (Å²) in [6.45, 7) is 10.3. The van der Waals surface area contributed by atoms with Gasteiger partial charge in [-0.3, -0.25) is 0 Å². The van der Waals surface area contributed by atoms with Crippen LogP contribution in [0.1, 0.15) is 83.8 Å². The van der Waals surface area contributed by atoms with Gasteiger partial charge < -0.3 is 14.9 Å². The number of aliphatic carboxylic acids is 1. The Morgan fingerprint density at radius 1 is 1.10 bits per heavy atom. The molecule has 1 aliphatic rings. The van der Waals surface area contributed by atoms with Gasteiger partial charge in [-0.25, -0.2) is 4.79 Å². The van der Waals surface area contributed by atoms with Gasteiger partial charge >= 0.3 is 5.97 Å². The second kappa shape index (κ2) is 11.2. The minimum atomic E-state index is -0.810. The Labute approximate surface area is 187 Å². The molecule has 2 N–H and O–H groups in total. The van der Waals surface area contributed by atoms with E-state index >= 15 is 0 Å². The molecule has 0 saturated heterocycles. The monoisotopic (exact) mass is 426 g/mol. The smallest absolute Gasteiger partial charge is 0.331 e. The van der Waals surface area contributed by atoms with Crippen LogP contribution in [0.25, 0.3) is 0 Å². The maximum atomic E-state index is 11.4. The standard InChI is InChI=1S/C27H38O4/c1-19(2)9-6-12-22(26(29)30)13-7-10-20(3)11-8-15-27(5)16-14-23-18-24(28)17-21(4)25(23)31-27/h9,11,13,17-18,28H,6-8,10,12,14-16H2,1-5H3,(H,29,30)/b20-11+,22-13+/t27-/m0/s1. The molecular formula is C27H38O4. The maximum absolute atomic E-state index is 11.4. The third-order valence-corrected chi connectivity index (χ3v) is 5.94. The van der Waals surface area contributed by atoms with Crippen LogP contribution in [-0.2, 0) is 11.2 Å². The van der Waals surface area contributed by atoms with Crippen molar-refractivity contribution in [3.05, 3.63) is 58.2 Å². The van der Waals surface area contributed by atoms with E-state index < -0.39 is 5.97 Å². The molecule has 0 aliphatic carbocycles. The van der Waals surface area contributed by atoms with E-state index in [9.17, 15) is 15.0 Å². The zero-order valence-corrected chi connectivity index (χ0v) is 19.8. The lowest BCUT2D eigenvalue weighted by Crippen LogP contribution is -2.36. The molecule has 4 nitrogen and oxygen atoms in total. The van der Waals surface area contributed by atoms with E-state index in [2.05, 4.69) is 26.0 Å². The van der Waals surface area contributed by atoms with Crippen LogP contribution in [0.15, 0.2) is 47.1 Å². The fourth-order valence-corrected chi connectivity index (χ4v) is 4.04. The molecule has 0 radical (unpaired) electrons. The van der Waals surface area contributed by atoms with Crippen LogP contribution in [0, 0.1) is 6.92 Å². The molecule has 1 aromatic carbocycles. The minimum absolute atomic E-state index is 0.202. The highest BCUT2D eigenvalue weighted by atomic mass is 16.5. The van der Waals surface area contributed by atoms with E-state index in [0.29, 0.717) is 17.7 Å². The first-order valence-corrected chi connectivity index (χ1v) is 11.3. The van der Waals surface area contributed by atoms with E-state index in [0.717, 1.165) is 61.8 Å². The van der Waals surface area contributed by atoms with Crippen molar-refractivity contribution >= 4 is 5.97 Å². The summed E-state index contributed by atoms with van der Waals surface area (Å²) in [6.07, 6.45) is 12.9. The van der Waals surface area contributed by atoms with Gasteiger partial charge in [0.05, 0.1) is 0 Å². The van der Waals surface area contributed by atoms with Gasteiger partial charge in [-0.05, 0) is 109 Å². The number of allylic oxidation sites excluding steroid dienone is 5. The fraction of sp³-hybridized carbons (Fsp3) is 0.519. The third kappa shape index (κ3) is 7.93. The highest BCUT2D eigenvalue weighted by Gasteiger charge is 2.31. The van der Waals surface area contributed by atoms with Crippen molar-refractivity contribution in [1.82, 2.24) is 0 Å². The summed E-state index contributed by atoms with van der Waals surface area (Å²) in [5.41, 5.74) is 4.88. The first-order chi connectivity index (χ1) is 14.6. The number of fused-ring (bicyclic) bond motifs is 1. The van der Waals surface area contributed by atoms with Crippen molar-refractivity contribution in [3.63, 3.8) is 0 Å². The van der Waals surface area contributed by atoms with Crippen LogP contribution in [0.2, 0.25) is 0 Å². The Balaban J connectivity index is 1.85. The van der Waals surface area contributed by atoms with Crippen LogP contribution >= 0.6 is 0 Å². The van der Waals surface area contributed by atoms with Gasteiger partial charge in [0, 0.05) is 5.57 Å². The molecule has 170 valence electrons. The number of hydrogen-bond donors (Lipinski definition) is 2. The van der Waals surface area contributed by atoms with Gasteiger partial charge in [0.2, 0.25) is 0 Å². The van der Waals surface area contributed by atoms with Gasteiger partial charge in [-0.1, -0.05) is 29.4 Å². The number of carboxylic acid groups (broad SMARTS) is 1. The lowest BCUT2D eigenvalue weighted by Gasteiger charge is -2.36. The van der Waals surface area contributed by atoms with Crippen LogP contribution in [0.4, 0.5) is 0 Å². The molecule has 0 amide bonds. The SMILES string of the molecule is CC(C)=CCC/C(=C\CC/C(C)=C/CC[C@@]1(C)CCc2cc(O)cc(C)c2O1)C(=O)O. The van der Waals surface area contributed by atoms with Crippen molar-refractivity contribution in [2.75, 3.05) is 0 Å². The van der Waals surface area contributed by atoms with Gasteiger partial charge in [0.1, 0.15) is 17.1 Å². The predicted molar refractivity (Wildman–Crippen MR) is 127 cm³/mol. The quantitative estimate of drug-likeness (QED) is 0.311. The molecule has 1 aliphatic heterocycles. The van der Waals surface area contributed by atoms with Gasteiger partial charge in [-0.15, -0.1) is 0 Å². The van der Waals surface area contributed by atoms with E-state index in [-0.39, 0.29) is 5.60 Å². The molecule has 0 bridgehead atoms. The van der Waals surface area contributed by atoms with E-state index in [1.165, 1.54) is 11.1 Å². The Kier molecular flexibility index (Phi) is 8.97. The molecule has 0 saturated carbocycles. The molecule has 4 heteroatoms. The summed E-state index contributed by atoms with van der Waals surface area (Å²) >= 11 is 0. The fourth-order valence-electron chi connectivity index (χ4n) is 4.04. The largest absolute Gasteiger partial charge is 0.508 e. The number of hydrogen-bond acceptors (Lipinski definition) is 3. The molecule has 1 heterocycles. The molecular weight excluding hydrogens is 388 g/mol. The number of phenols is 1. The lowest BCUT2D eigenvalue weighted by atomic mass is 9.87. The van der Waals surface area contributed by atoms with Crippen molar-refractivity contribution < 1.29 is 19.7 Å². The van der Waals surface area contributed by atoms with Crippen molar-refractivity contribution in [2.45, 2.75) is 91.6 Å². The van der Waals surface area contributed by atoms with Gasteiger partial charge in [0.25, 0.3) is 0 Å². The number of aromatic hydroxyl groups is 1. The molecule has 2 rings (SSSR count). The van der Waals surface area contributed by atoms with Crippen molar-refractivity contribution in [1.29, 1.82) is 0 Å². The zero-order chi connectivity index (χ0) is 23.0. The number of carbonyl (C=O) groups is 1. The summed E-state index contributed by atoms with van der Waals surface area (Å²) in [5, 5.41) is 19.2. The van der Waals surface area contributed by atoms with Crippen molar-refractivity contribution in [2.24, 2.45) is 0 Å². The second-order valence-corrected chi connectivity index (χ2v) is 9.29. The summed E-state index contributed by atoms with van der Waals surface area (Å²) in [7, 11) is 0. The average molecular weight is 427 g/mol. The average Bonchev–Trinajstić information content (AvgIpc) is 2.67. The molecule has 1 atom stereocenters. The maximum Gasteiger partial charge on any atom is 0.331 e. The summed E-state index contributed by atoms with van der Waals surface area (Å²) in [4.78, 5) is 11.4. The van der Waals surface area contributed by atoms with E-state index in [1.807, 2.05) is 32.9 Å². The number of benzene rings is 1. The number of aryl methyl sites for hydroxylation is 2. The first-order valence-electron chi connectivity index (χ1n) is 11.3. The second-order valence-electron chi connectivity index (χ2n) is 9.29. The number of rotatable bonds is 10. The minimum Gasteiger partial charge on any atom is -0.508 e. The zero-order valence-electron chi connectivity index (χ0n) is 19.8. The highest BCUT2D eigenvalue weighted by Crippen LogP contribution is 2.39.